The summed E-state index contributed by atoms with van der Waals surface area (Å²) in [6.45, 7) is 0.615. The van der Waals surface area contributed by atoms with E-state index in [4.69, 9.17) is 9.47 Å². The fourth-order valence-electron chi connectivity index (χ4n) is 3.99. The molecule has 0 saturated heterocycles. The molecule has 0 spiro atoms. The quantitative estimate of drug-likeness (QED) is 0.450. The molecule has 0 bridgehead atoms. The third-order valence-electron chi connectivity index (χ3n) is 5.53. The predicted octanol–water partition coefficient (Wildman–Crippen LogP) is 4.47. The average Bonchev–Trinajstić information content (AvgIpc) is 3.16. The highest BCUT2D eigenvalue weighted by atomic mass is 16.5. The molecule has 0 unspecified atom stereocenters. The zero-order valence-electron chi connectivity index (χ0n) is 17.9. The molecule has 0 saturated carbocycles. The maximum atomic E-state index is 12.2. The van der Waals surface area contributed by atoms with Crippen LogP contribution in [0.25, 0.3) is 11.1 Å². The zero-order valence-corrected chi connectivity index (χ0v) is 17.9. The molecule has 0 aromatic heterocycles. The number of fused-ring (bicyclic) bond motifs is 3. The Balaban J connectivity index is 1.30. The van der Waals surface area contributed by atoms with Crippen LogP contribution in [0, 0.1) is 11.8 Å². The summed E-state index contributed by atoms with van der Waals surface area (Å²) >= 11 is 0. The van der Waals surface area contributed by atoms with Gasteiger partial charge in [-0.15, -0.1) is 0 Å². The van der Waals surface area contributed by atoms with Gasteiger partial charge >= 0.3 is 6.09 Å². The Kier molecular flexibility index (Phi) is 6.74. The number of benzene rings is 3. The van der Waals surface area contributed by atoms with Crippen molar-refractivity contribution < 1.29 is 19.4 Å². The Bertz CT molecular complexity index is 1130. The molecule has 1 aliphatic carbocycles. The molecule has 1 amide bonds. The van der Waals surface area contributed by atoms with Crippen molar-refractivity contribution in [2.45, 2.75) is 18.9 Å². The predicted molar refractivity (Wildman–Crippen MR) is 123 cm³/mol. The molecule has 5 heteroatoms. The number of carbonyl (C=O) groups is 1. The molecule has 0 fully saturated rings. The van der Waals surface area contributed by atoms with E-state index >= 15 is 0 Å². The van der Waals surface area contributed by atoms with Crippen LogP contribution in [-0.4, -0.2) is 31.5 Å². The van der Waals surface area contributed by atoms with E-state index in [1.54, 1.807) is 25.3 Å². The summed E-state index contributed by atoms with van der Waals surface area (Å²) < 4.78 is 10.8. The minimum atomic E-state index is -0.450. The van der Waals surface area contributed by atoms with Gasteiger partial charge in [0.25, 0.3) is 0 Å². The minimum absolute atomic E-state index is 0.0409. The van der Waals surface area contributed by atoms with Crippen LogP contribution in [0.1, 0.15) is 34.6 Å². The van der Waals surface area contributed by atoms with Crippen molar-refractivity contribution in [3.8, 4) is 28.7 Å². The van der Waals surface area contributed by atoms with Gasteiger partial charge in [-0.05, 0) is 39.9 Å². The van der Waals surface area contributed by atoms with Crippen LogP contribution in [0.5, 0.6) is 5.75 Å². The highest BCUT2D eigenvalue weighted by Crippen LogP contribution is 2.44. The average molecular weight is 428 g/mol. The molecular formula is C27H25NO4. The van der Waals surface area contributed by atoms with Crippen LogP contribution in [0.2, 0.25) is 0 Å². The van der Waals surface area contributed by atoms with Gasteiger partial charge in [-0.2, -0.15) is 0 Å². The van der Waals surface area contributed by atoms with Gasteiger partial charge in [0.15, 0.2) is 0 Å². The van der Waals surface area contributed by atoms with Crippen LogP contribution in [0.3, 0.4) is 0 Å². The molecule has 5 nitrogen and oxygen atoms in total. The van der Waals surface area contributed by atoms with Gasteiger partial charge in [0, 0.05) is 18.9 Å². The first-order chi connectivity index (χ1) is 15.7. The van der Waals surface area contributed by atoms with Crippen LogP contribution < -0.4 is 10.1 Å². The lowest BCUT2D eigenvalue weighted by Crippen LogP contribution is -2.26. The monoisotopic (exact) mass is 427 g/mol. The van der Waals surface area contributed by atoms with Gasteiger partial charge in [0.05, 0.1) is 19.3 Å². The number of hydrogen-bond acceptors (Lipinski definition) is 4. The van der Waals surface area contributed by atoms with Gasteiger partial charge in [-0.25, -0.2) is 4.79 Å². The number of aliphatic hydroxyl groups is 1. The van der Waals surface area contributed by atoms with Crippen molar-refractivity contribution >= 4 is 6.09 Å². The standard InChI is InChI=1S/C27H25NO4/c1-31-26-14-13-19(17-29)16-20(26)8-6-7-15-28-27(30)32-18-25-23-11-4-2-9-21(23)22-10-3-5-12-24(22)25/h2-5,9-14,16,25,29H,7,15,17-18H2,1H3,(H,28,30). The first kappa shape index (κ1) is 21.5. The summed E-state index contributed by atoms with van der Waals surface area (Å²) in [6.07, 6.45) is 0.0185. The van der Waals surface area contributed by atoms with Crippen LogP contribution in [-0.2, 0) is 11.3 Å². The summed E-state index contributed by atoms with van der Waals surface area (Å²) in [5, 5.41) is 12.0. The normalized spacial score (nSPS) is 11.7. The number of aliphatic hydroxyl groups excluding tert-OH is 1. The Hall–Kier alpha value is -3.75. The lowest BCUT2D eigenvalue weighted by atomic mass is 9.98. The molecule has 2 N–H and O–H groups in total. The van der Waals surface area contributed by atoms with Crippen molar-refractivity contribution in [3.63, 3.8) is 0 Å². The third kappa shape index (κ3) is 4.61. The van der Waals surface area contributed by atoms with Crippen molar-refractivity contribution in [3.05, 3.63) is 89.0 Å². The molecule has 0 radical (unpaired) electrons. The molecular weight excluding hydrogens is 402 g/mol. The van der Waals surface area contributed by atoms with E-state index in [9.17, 15) is 9.90 Å². The van der Waals surface area contributed by atoms with Crippen LogP contribution in [0.15, 0.2) is 66.7 Å². The minimum Gasteiger partial charge on any atom is -0.495 e. The summed E-state index contributed by atoms with van der Waals surface area (Å²) in [6, 6.07) is 21.9. The number of hydrogen-bond donors (Lipinski definition) is 2. The van der Waals surface area contributed by atoms with E-state index in [1.165, 1.54) is 22.3 Å². The number of nitrogens with one attached hydrogen (secondary N) is 1. The number of amides is 1. The molecule has 0 atom stereocenters. The fraction of sp³-hybridized carbons (Fsp3) is 0.222. The van der Waals surface area contributed by atoms with Crippen molar-refractivity contribution in [1.29, 1.82) is 0 Å². The number of carbonyl (C=O) groups excluding carboxylic acids is 1. The highest BCUT2D eigenvalue weighted by Gasteiger charge is 2.28. The smallest absolute Gasteiger partial charge is 0.407 e. The van der Waals surface area contributed by atoms with Crippen LogP contribution >= 0.6 is 0 Å². The first-order valence-electron chi connectivity index (χ1n) is 10.6. The van der Waals surface area contributed by atoms with E-state index in [0.29, 0.717) is 24.3 Å². The lowest BCUT2D eigenvalue weighted by molar-refractivity contribution is 0.143. The van der Waals surface area contributed by atoms with Crippen molar-refractivity contribution in [1.82, 2.24) is 5.32 Å². The molecule has 4 rings (SSSR count). The molecule has 162 valence electrons. The topological polar surface area (TPSA) is 67.8 Å². The Morgan fingerprint density at radius 1 is 1.03 bits per heavy atom. The molecule has 3 aromatic carbocycles. The van der Waals surface area contributed by atoms with E-state index in [1.807, 2.05) is 24.3 Å². The van der Waals surface area contributed by atoms with Gasteiger partial charge in [0.1, 0.15) is 12.4 Å². The Morgan fingerprint density at radius 2 is 1.72 bits per heavy atom. The maximum Gasteiger partial charge on any atom is 0.407 e. The van der Waals surface area contributed by atoms with Crippen molar-refractivity contribution in [2.24, 2.45) is 0 Å². The maximum absolute atomic E-state index is 12.2. The number of alkyl carbamates (subject to hydrolysis) is 1. The molecule has 32 heavy (non-hydrogen) atoms. The summed E-state index contributed by atoms with van der Waals surface area (Å²) in [4.78, 5) is 12.2. The Labute approximate surface area is 188 Å². The van der Waals surface area contributed by atoms with Gasteiger partial charge < -0.3 is 19.9 Å². The summed E-state index contributed by atoms with van der Waals surface area (Å²) in [7, 11) is 1.58. The van der Waals surface area contributed by atoms with Gasteiger partial charge in [-0.1, -0.05) is 66.4 Å². The van der Waals surface area contributed by atoms with E-state index in [0.717, 1.165) is 5.56 Å². The van der Waals surface area contributed by atoms with E-state index in [-0.39, 0.29) is 19.1 Å². The van der Waals surface area contributed by atoms with Crippen molar-refractivity contribution in [2.75, 3.05) is 20.3 Å². The van der Waals surface area contributed by atoms with Crippen LogP contribution in [0.4, 0.5) is 4.79 Å². The van der Waals surface area contributed by atoms with E-state index in [2.05, 4.69) is 41.4 Å². The third-order valence-corrected chi connectivity index (χ3v) is 5.53. The van der Waals surface area contributed by atoms with Gasteiger partial charge in [-0.3, -0.25) is 0 Å². The second-order valence-electron chi connectivity index (χ2n) is 7.50. The SMILES string of the molecule is COc1ccc(CO)cc1C#CCCNC(=O)OCC1c2ccccc2-c2ccccc21. The molecule has 3 aromatic rings. The molecule has 1 aliphatic rings. The van der Waals surface area contributed by atoms with E-state index < -0.39 is 6.09 Å². The lowest BCUT2D eigenvalue weighted by Gasteiger charge is -2.14. The summed E-state index contributed by atoms with van der Waals surface area (Å²) in [5.74, 6) is 6.75. The first-order valence-corrected chi connectivity index (χ1v) is 10.6. The molecule has 0 heterocycles. The zero-order chi connectivity index (χ0) is 22.3. The van der Waals surface area contributed by atoms with Gasteiger partial charge in [0.2, 0.25) is 0 Å². The largest absolute Gasteiger partial charge is 0.495 e. The highest BCUT2D eigenvalue weighted by molar-refractivity contribution is 5.79. The Morgan fingerprint density at radius 3 is 2.38 bits per heavy atom. The number of methoxy groups -OCH3 is 1. The molecule has 0 aliphatic heterocycles. The fourth-order valence-corrected chi connectivity index (χ4v) is 3.99. The number of ether oxygens (including phenoxy) is 2. The second-order valence-corrected chi connectivity index (χ2v) is 7.50. The second kappa shape index (κ2) is 10.0. The number of rotatable bonds is 6. The summed E-state index contributed by atoms with van der Waals surface area (Å²) in [5.41, 5.74) is 6.26.